The maximum absolute atomic E-state index is 11.5. The Bertz CT molecular complexity index is 613. The van der Waals surface area contributed by atoms with Crippen molar-refractivity contribution in [3.05, 3.63) is 41.5 Å². The van der Waals surface area contributed by atoms with Gasteiger partial charge in [-0.2, -0.15) is 5.26 Å². The molecule has 0 saturated heterocycles. The van der Waals surface area contributed by atoms with Crippen LogP contribution in [0.25, 0.3) is 6.08 Å². The highest BCUT2D eigenvalue weighted by molar-refractivity contribution is 5.95. The minimum atomic E-state index is -1.49. The van der Waals surface area contributed by atoms with E-state index >= 15 is 0 Å². The minimum absolute atomic E-state index is 0.476. The maximum atomic E-state index is 11.5. The average Bonchev–Trinajstić information content (AvgIpc) is 2.44. The van der Waals surface area contributed by atoms with E-state index < -0.39 is 30.3 Å². The fourth-order valence-electron chi connectivity index (χ4n) is 1.44. The molecule has 0 radical (unpaired) electrons. The number of nitrogens with one attached hydrogen (secondary N) is 1. The Morgan fingerprint density at radius 1 is 1.24 bits per heavy atom. The molecule has 7 heteroatoms. The van der Waals surface area contributed by atoms with Gasteiger partial charge < -0.3 is 15.5 Å². The quantitative estimate of drug-likeness (QED) is 0.658. The third kappa shape index (κ3) is 5.57. The van der Waals surface area contributed by atoms with Crippen LogP contribution in [0.15, 0.2) is 30.3 Å². The number of aliphatic carboxylic acids is 2. The number of rotatable bonds is 6. The summed E-state index contributed by atoms with van der Waals surface area (Å²) >= 11 is 0. The van der Waals surface area contributed by atoms with Crippen LogP contribution in [0.1, 0.15) is 17.5 Å². The van der Waals surface area contributed by atoms with Gasteiger partial charge in [-0.3, -0.25) is 9.59 Å². The summed E-state index contributed by atoms with van der Waals surface area (Å²) in [6.07, 6.45) is 1.82. The first kappa shape index (κ1) is 15.9. The summed E-state index contributed by atoms with van der Waals surface area (Å²) in [6.45, 7) is 0. The summed E-state index contributed by atoms with van der Waals surface area (Å²) in [5.74, 6) is -3.45. The molecule has 1 aromatic rings. The van der Waals surface area contributed by atoms with Gasteiger partial charge in [0.15, 0.2) is 0 Å². The van der Waals surface area contributed by atoms with Crippen LogP contribution in [0.2, 0.25) is 0 Å². The summed E-state index contributed by atoms with van der Waals surface area (Å²) in [5, 5.41) is 28.0. The number of carboxylic acid groups (broad SMARTS) is 2. The van der Waals surface area contributed by atoms with E-state index in [1.54, 1.807) is 24.3 Å². The molecular weight excluding hydrogens is 276 g/mol. The van der Waals surface area contributed by atoms with Crippen LogP contribution in [-0.4, -0.2) is 34.1 Å². The number of amides is 1. The molecule has 0 aromatic heterocycles. The summed E-state index contributed by atoms with van der Waals surface area (Å²) < 4.78 is 0. The van der Waals surface area contributed by atoms with E-state index in [2.05, 4.69) is 5.32 Å². The number of benzene rings is 1. The van der Waals surface area contributed by atoms with Crippen molar-refractivity contribution in [2.24, 2.45) is 0 Å². The van der Waals surface area contributed by atoms with E-state index in [0.29, 0.717) is 11.1 Å². The molecule has 0 fully saturated rings. The van der Waals surface area contributed by atoms with E-state index in [9.17, 15) is 14.4 Å². The first-order chi connectivity index (χ1) is 9.92. The molecule has 0 aliphatic carbocycles. The molecule has 0 bridgehead atoms. The molecule has 7 nitrogen and oxygen atoms in total. The number of carbonyl (C=O) groups is 3. The Labute approximate surface area is 120 Å². The van der Waals surface area contributed by atoms with Crippen LogP contribution in [-0.2, 0) is 14.4 Å². The highest BCUT2D eigenvalue weighted by Crippen LogP contribution is 2.05. The molecule has 108 valence electrons. The molecular formula is C14H12N2O5. The molecule has 1 rings (SSSR count). The van der Waals surface area contributed by atoms with E-state index in [1.807, 2.05) is 6.07 Å². The average molecular weight is 288 g/mol. The second kappa shape index (κ2) is 7.45. The van der Waals surface area contributed by atoms with Crippen LogP contribution in [0.4, 0.5) is 0 Å². The van der Waals surface area contributed by atoms with Gasteiger partial charge in [-0.1, -0.05) is 12.1 Å². The van der Waals surface area contributed by atoms with Gasteiger partial charge >= 0.3 is 11.9 Å². The third-order valence-electron chi connectivity index (χ3n) is 2.46. The fourth-order valence-corrected chi connectivity index (χ4v) is 1.44. The number of nitriles is 1. The smallest absolute Gasteiger partial charge is 0.326 e. The van der Waals surface area contributed by atoms with Crippen molar-refractivity contribution in [2.75, 3.05) is 0 Å². The lowest BCUT2D eigenvalue weighted by molar-refractivity contribution is -0.146. The lowest BCUT2D eigenvalue weighted by atomic mass is 10.1. The maximum Gasteiger partial charge on any atom is 0.326 e. The minimum Gasteiger partial charge on any atom is -0.481 e. The molecule has 0 spiro atoms. The topological polar surface area (TPSA) is 127 Å². The Morgan fingerprint density at radius 2 is 1.86 bits per heavy atom. The monoisotopic (exact) mass is 288 g/mol. The molecule has 1 atom stereocenters. The van der Waals surface area contributed by atoms with Gasteiger partial charge in [-0.25, -0.2) is 4.79 Å². The first-order valence-electron chi connectivity index (χ1n) is 5.85. The predicted octanol–water partition coefficient (Wildman–Crippen LogP) is 0.616. The van der Waals surface area contributed by atoms with Crippen molar-refractivity contribution in [1.29, 1.82) is 5.26 Å². The molecule has 1 amide bonds. The second-order valence-electron chi connectivity index (χ2n) is 4.06. The zero-order chi connectivity index (χ0) is 15.8. The Balaban J connectivity index is 2.66. The summed E-state index contributed by atoms with van der Waals surface area (Å²) in [5.41, 5.74) is 1.12. The molecule has 0 aliphatic rings. The lowest BCUT2D eigenvalue weighted by Gasteiger charge is -2.10. The van der Waals surface area contributed by atoms with Crippen LogP contribution < -0.4 is 5.32 Å². The predicted molar refractivity (Wildman–Crippen MR) is 72.0 cm³/mol. The van der Waals surface area contributed by atoms with Crippen molar-refractivity contribution < 1.29 is 24.6 Å². The number of carbonyl (C=O) groups excluding carboxylic acids is 1. The molecule has 0 saturated carbocycles. The van der Waals surface area contributed by atoms with Gasteiger partial charge in [-0.15, -0.1) is 0 Å². The standard InChI is InChI=1S/C14H12N2O5/c15-8-10-3-1-9(2-4-10)5-6-12(17)16-11(14(20)21)7-13(18)19/h1-6,11H,7H2,(H,16,17)(H,18,19)(H,20,21)/b6-5+/t11-/m1/s1. The van der Waals surface area contributed by atoms with Crippen LogP contribution >= 0.6 is 0 Å². The Kier molecular flexibility index (Phi) is 5.65. The van der Waals surface area contributed by atoms with Gasteiger partial charge in [0.25, 0.3) is 0 Å². The van der Waals surface area contributed by atoms with Crippen molar-refractivity contribution in [3.63, 3.8) is 0 Å². The van der Waals surface area contributed by atoms with Gasteiger partial charge in [0, 0.05) is 6.08 Å². The zero-order valence-electron chi connectivity index (χ0n) is 10.8. The largest absolute Gasteiger partial charge is 0.481 e. The van der Waals surface area contributed by atoms with Gasteiger partial charge in [-0.05, 0) is 23.8 Å². The lowest BCUT2D eigenvalue weighted by Crippen LogP contribution is -2.41. The van der Waals surface area contributed by atoms with Crippen molar-refractivity contribution in [2.45, 2.75) is 12.5 Å². The SMILES string of the molecule is N#Cc1ccc(/C=C/C(=O)N[C@H](CC(=O)O)C(=O)O)cc1. The summed E-state index contributed by atoms with van der Waals surface area (Å²) in [4.78, 5) is 32.8. The molecule has 0 aliphatic heterocycles. The molecule has 3 N–H and O–H groups in total. The molecule has 0 heterocycles. The fraction of sp³-hybridized carbons (Fsp3) is 0.143. The van der Waals surface area contributed by atoms with Gasteiger partial charge in [0.05, 0.1) is 18.1 Å². The van der Waals surface area contributed by atoms with Crippen LogP contribution in [0.3, 0.4) is 0 Å². The molecule has 0 unspecified atom stereocenters. The Hall–Kier alpha value is -3.14. The Morgan fingerprint density at radius 3 is 2.33 bits per heavy atom. The van der Waals surface area contributed by atoms with E-state index in [1.165, 1.54) is 6.08 Å². The van der Waals surface area contributed by atoms with E-state index in [0.717, 1.165) is 6.08 Å². The number of nitrogens with zero attached hydrogens (tertiary/aromatic N) is 1. The van der Waals surface area contributed by atoms with Gasteiger partial charge in [0.1, 0.15) is 6.04 Å². The number of hydrogen-bond donors (Lipinski definition) is 3. The second-order valence-corrected chi connectivity index (χ2v) is 4.06. The van der Waals surface area contributed by atoms with Crippen LogP contribution in [0, 0.1) is 11.3 Å². The van der Waals surface area contributed by atoms with Gasteiger partial charge in [0.2, 0.25) is 5.91 Å². The third-order valence-corrected chi connectivity index (χ3v) is 2.46. The first-order valence-corrected chi connectivity index (χ1v) is 5.85. The molecule has 1 aromatic carbocycles. The highest BCUT2D eigenvalue weighted by Gasteiger charge is 2.21. The molecule has 21 heavy (non-hydrogen) atoms. The van der Waals surface area contributed by atoms with Crippen LogP contribution in [0.5, 0.6) is 0 Å². The number of hydrogen-bond acceptors (Lipinski definition) is 4. The summed E-state index contributed by atoms with van der Waals surface area (Å²) in [6, 6.07) is 6.85. The van der Waals surface area contributed by atoms with Crippen molar-refractivity contribution >= 4 is 23.9 Å². The summed E-state index contributed by atoms with van der Waals surface area (Å²) in [7, 11) is 0. The number of carboxylic acids is 2. The highest BCUT2D eigenvalue weighted by atomic mass is 16.4. The van der Waals surface area contributed by atoms with E-state index in [-0.39, 0.29) is 0 Å². The normalized spacial score (nSPS) is 11.6. The van der Waals surface area contributed by atoms with E-state index in [4.69, 9.17) is 15.5 Å². The van der Waals surface area contributed by atoms with Crippen molar-refractivity contribution in [3.8, 4) is 6.07 Å². The zero-order valence-corrected chi connectivity index (χ0v) is 10.8. The van der Waals surface area contributed by atoms with Crippen molar-refractivity contribution in [1.82, 2.24) is 5.32 Å².